The fraction of sp³-hybridized carbons (Fsp3) is 0.750. The van der Waals surface area contributed by atoms with E-state index in [2.05, 4.69) is 18.4 Å². The van der Waals surface area contributed by atoms with E-state index in [-0.39, 0.29) is 0 Å². The smallest absolute Gasteiger partial charge is 0.226 e. The van der Waals surface area contributed by atoms with Crippen LogP contribution in [0.1, 0.15) is 13.3 Å². The number of amides is 1. The van der Waals surface area contributed by atoms with Crippen LogP contribution in [0.15, 0.2) is 12.7 Å². The molecule has 0 radical (unpaired) electrons. The summed E-state index contributed by atoms with van der Waals surface area (Å²) in [7, 11) is 0. The van der Waals surface area contributed by atoms with Crippen molar-refractivity contribution in [1.82, 2.24) is 9.80 Å². The third-order valence-electron chi connectivity index (χ3n) is 3.50. The van der Waals surface area contributed by atoms with Crippen LogP contribution in [0, 0.1) is 11.8 Å². The van der Waals surface area contributed by atoms with Crippen molar-refractivity contribution in [3.63, 3.8) is 0 Å². The van der Waals surface area contributed by atoms with Gasteiger partial charge in [-0.2, -0.15) is 0 Å². The number of carbonyl (C=O) groups is 1. The van der Waals surface area contributed by atoms with Gasteiger partial charge in [-0.05, 0) is 12.3 Å². The molecule has 1 saturated carbocycles. The zero-order valence-corrected chi connectivity index (χ0v) is 9.48. The van der Waals surface area contributed by atoms with Gasteiger partial charge in [-0.3, -0.25) is 9.69 Å². The first kappa shape index (κ1) is 10.7. The minimum atomic E-state index is 0.343. The highest BCUT2D eigenvalue weighted by molar-refractivity contribution is 5.81. The summed E-state index contributed by atoms with van der Waals surface area (Å²) in [6.07, 6.45) is 3.03. The molecule has 2 atom stereocenters. The highest BCUT2D eigenvalue weighted by Crippen LogP contribution is 2.39. The summed E-state index contributed by atoms with van der Waals surface area (Å²) in [5.41, 5.74) is 0. The second kappa shape index (κ2) is 4.35. The molecule has 0 aromatic heterocycles. The monoisotopic (exact) mass is 208 g/mol. The van der Waals surface area contributed by atoms with Gasteiger partial charge in [-0.25, -0.2) is 0 Å². The lowest BCUT2D eigenvalue weighted by molar-refractivity contribution is -0.134. The molecule has 15 heavy (non-hydrogen) atoms. The summed E-state index contributed by atoms with van der Waals surface area (Å²) in [5, 5.41) is 0. The molecule has 1 aliphatic carbocycles. The molecule has 3 heteroatoms. The predicted molar refractivity (Wildman–Crippen MR) is 60.5 cm³/mol. The van der Waals surface area contributed by atoms with Crippen molar-refractivity contribution in [3.05, 3.63) is 12.7 Å². The summed E-state index contributed by atoms with van der Waals surface area (Å²) < 4.78 is 0. The van der Waals surface area contributed by atoms with E-state index < -0.39 is 0 Å². The number of hydrogen-bond acceptors (Lipinski definition) is 2. The maximum Gasteiger partial charge on any atom is 0.226 e. The highest BCUT2D eigenvalue weighted by Gasteiger charge is 2.41. The second-order valence-electron chi connectivity index (χ2n) is 4.73. The molecule has 1 aliphatic heterocycles. The largest absolute Gasteiger partial charge is 0.340 e. The first-order valence-corrected chi connectivity index (χ1v) is 5.84. The van der Waals surface area contributed by atoms with Crippen molar-refractivity contribution in [2.24, 2.45) is 11.8 Å². The van der Waals surface area contributed by atoms with E-state index in [0.29, 0.717) is 17.7 Å². The number of rotatable bonds is 3. The average Bonchev–Trinajstić information content (AvgIpc) is 2.96. The molecule has 0 N–H and O–H groups in total. The maximum absolute atomic E-state index is 11.9. The Morgan fingerprint density at radius 2 is 2.00 bits per heavy atom. The van der Waals surface area contributed by atoms with Gasteiger partial charge >= 0.3 is 0 Å². The number of nitrogens with zero attached hydrogens (tertiary/aromatic N) is 2. The van der Waals surface area contributed by atoms with Crippen molar-refractivity contribution in [1.29, 1.82) is 0 Å². The third kappa shape index (κ3) is 2.40. The summed E-state index contributed by atoms with van der Waals surface area (Å²) >= 11 is 0. The van der Waals surface area contributed by atoms with Gasteiger partial charge in [0.05, 0.1) is 0 Å². The topological polar surface area (TPSA) is 23.6 Å². The number of hydrogen-bond donors (Lipinski definition) is 0. The Hall–Kier alpha value is -0.830. The maximum atomic E-state index is 11.9. The minimum absolute atomic E-state index is 0.343. The Morgan fingerprint density at radius 3 is 2.47 bits per heavy atom. The van der Waals surface area contributed by atoms with E-state index in [9.17, 15) is 4.79 Å². The van der Waals surface area contributed by atoms with Crippen LogP contribution in [0.4, 0.5) is 0 Å². The van der Waals surface area contributed by atoms with E-state index in [4.69, 9.17) is 0 Å². The van der Waals surface area contributed by atoms with E-state index in [1.807, 2.05) is 11.0 Å². The molecule has 0 aromatic carbocycles. The van der Waals surface area contributed by atoms with Gasteiger partial charge in [-0.1, -0.05) is 13.0 Å². The molecule has 1 amide bonds. The van der Waals surface area contributed by atoms with E-state index in [0.717, 1.165) is 39.1 Å². The van der Waals surface area contributed by atoms with Gasteiger partial charge < -0.3 is 4.90 Å². The van der Waals surface area contributed by atoms with Crippen LogP contribution in [-0.4, -0.2) is 48.4 Å². The van der Waals surface area contributed by atoms with Gasteiger partial charge in [0.1, 0.15) is 0 Å². The fourth-order valence-electron chi connectivity index (χ4n) is 2.23. The third-order valence-corrected chi connectivity index (χ3v) is 3.50. The Labute approximate surface area is 91.7 Å². The second-order valence-corrected chi connectivity index (χ2v) is 4.73. The van der Waals surface area contributed by atoms with Crippen molar-refractivity contribution < 1.29 is 4.79 Å². The van der Waals surface area contributed by atoms with Gasteiger partial charge in [-0.15, -0.1) is 6.58 Å². The van der Waals surface area contributed by atoms with Crippen LogP contribution in [0.3, 0.4) is 0 Å². The van der Waals surface area contributed by atoms with E-state index in [1.165, 1.54) is 0 Å². The fourth-order valence-corrected chi connectivity index (χ4v) is 2.23. The van der Waals surface area contributed by atoms with E-state index >= 15 is 0 Å². The van der Waals surface area contributed by atoms with Crippen LogP contribution in [-0.2, 0) is 4.79 Å². The molecule has 84 valence electrons. The zero-order valence-electron chi connectivity index (χ0n) is 9.48. The summed E-state index contributed by atoms with van der Waals surface area (Å²) in [6.45, 7) is 10.6. The Kier molecular flexibility index (Phi) is 3.10. The standard InChI is InChI=1S/C12H20N2O/c1-3-4-13-5-7-14(8-6-13)12(15)11-9-10(11)2/h3,10-11H,1,4-9H2,2H3/t10-,11-/m1/s1. The Morgan fingerprint density at radius 1 is 1.40 bits per heavy atom. The van der Waals surface area contributed by atoms with Crippen molar-refractivity contribution in [3.8, 4) is 0 Å². The molecule has 2 fully saturated rings. The lowest BCUT2D eigenvalue weighted by Crippen LogP contribution is -2.49. The number of piperazine rings is 1. The van der Waals surface area contributed by atoms with Crippen LogP contribution >= 0.6 is 0 Å². The molecule has 2 aliphatic rings. The highest BCUT2D eigenvalue weighted by atomic mass is 16.2. The van der Waals surface area contributed by atoms with Crippen molar-refractivity contribution in [2.45, 2.75) is 13.3 Å². The summed E-state index contributed by atoms with van der Waals surface area (Å²) in [6, 6.07) is 0. The zero-order chi connectivity index (χ0) is 10.8. The van der Waals surface area contributed by atoms with Crippen LogP contribution in [0.25, 0.3) is 0 Å². The average molecular weight is 208 g/mol. The molecule has 0 aromatic rings. The van der Waals surface area contributed by atoms with Crippen LogP contribution in [0.2, 0.25) is 0 Å². The molecule has 2 rings (SSSR count). The molecule has 3 nitrogen and oxygen atoms in total. The predicted octanol–water partition coefficient (Wildman–Crippen LogP) is 0.973. The van der Waals surface area contributed by atoms with Gasteiger partial charge in [0.25, 0.3) is 0 Å². The lowest BCUT2D eigenvalue weighted by atomic mass is 10.2. The molecule has 0 bridgehead atoms. The van der Waals surface area contributed by atoms with Crippen LogP contribution < -0.4 is 0 Å². The minimum Gasteiger partial charge on any atom is -0.340 e. The van der Waals surface area contributed by atoms with Crippen molar-refractivity contribution >= 4 is 5.91 Å². The SMILES string of the molecule is C=CCN1CCN(C(=O)[C@@H]2C[C@H]2C)CC1. The van der Waals surface area contributed by atoms with Gasteiger partial charge in [0.15, 0.2) is 0 Å². The Bertz CT molecular complexity index is 256. The molecule has 1 saturated heterocycles. The summed E-state index contributed by atoms with van der Waals surface area (Å²) in [4.78, 5) is 16.3. The first-order valence-electron chi connectivity index (χ1n) is 5.84. The molecular formula is C12H20N2O. The van der Waals surface area contributed by atoms with Crippen LogP contribution in [0.5, 0.6) is 0 Å². The lowest BCUT2D eigenvalue weighted by Gasteiger charge is -2.34. The quantitative estimate of drug-likeness (QED) is 0.645. The molecule has 0 spiro atoms. The molecule has 1 heterocycles. The molecular weight excluding hydrogens is 188 g/mol. The normalized spacial score (nSPS) is 31.4. The van der Waals surface area contributed by atoms with E-state index in [1.54, 1.807) is 0 Å². The Balaban J connectivity index is 1.77. The summed E-state index contributed by atoms with van der Waals surface area (Å²) in [5.74, 6) is 1.36. The van der Waals surface area contributed by atoms with Gasteiger partial charge in [0.2, 0.25) is 5.91 Å². The van der Waals surface area contributed by atoms with Gasteiger partial charge in [0, 0.05) is 38.6 Å². The number of carbonyl (C=O) groups excluding carboxylic acids is 1. The molecule has 0 unspecified atom stereocenters. The first-order chi connectivity index (χ1) is 7.22. The van der Waals surface area contributed by atoms with Crippen molar-refractivity contribution in [2.75, 3.05) is 32.7 Å².